The Hall–Kier alpha value is -4.08. The van der Waals surface area contributed by atoms with Gasteiger partial charge in [-0.15, -0.1) is 0 Å². The lowest BCUT2D eigenvalue weighted by atomic mass is 10.1. The minimum absolute atomic E-state index is 0.0440. The van der Waals surface area contributed by atoms with Crippen molar-refractivity contribution in [1.29, 1.82) is 0 Å². The number of aromatic nitrogens is 2. The summed E-state index contributed by atoms with van der Waals surface area (Å²) in [5.41, 5.74) is 1.91. The van der Waals surface area contributed by atoms with Gasteiger partial charge in [-0.1, -0.05) is 25.1 Å². The van der Waals surface area contributed by atoms with E-state index in [0.29, 0.717) is 29.3 Å². The maximum absolute atomic E-state index is 12.6. The summed E-state index contributed by atoms with van der Waals surface area (Å²) in [4.78, 5) is 35.2. The highest BCUT2D eigenvalue weighted by atomic mass is 16.6. The van der Waals surface area contributed by atoms with E-state index in [-0.39, 0.29) is 11.3 Å². The van der Waals surface area contributed by atoms with E-state index in [0.717, 1.165) is 12.1 Å². The van der Waals surface area contributed by atoms with Crippen LogP contribution in [0.5, 0.6) is 5.75 Å². The Morgan fingerprint density at radius 1 is 1.31 bits per heavy atom. The van der Waals surface area contributed by atoms with Gasteiger partial charge in [-0.3, -0.25) is 19.7 Å². The van der Waals surface area contributed by atoms with Gasteiger partial charge >= 0.3 is 5.69 Å². The van der Waals surface area contributed by atoms with Crippen molar-refractivity contribution in [2.75, 3.05) is 0 Å². The molecule has 1 amide bonds. The number of hydrogen-bond acceptors (Lipinski definition) is 7. The zero-order valence-corrected chi connectivity index (χ0v) is 15.4. The summed E-state index contributed by atoms with van der Waals surface area (Å²) in [6.45, 7) is 2.26. The summed E-state index contributed by atoms with van der Waals surface area (Å²) < 4.78 is 1.24. The topological polar surface area (TPSA) is 140 Å². The van der Waals surface area contributed by atoms with Crippen LogP contribution in [0.15, 0.2) is 52.4 Å². The Bertz CT molecular complexity index is 1190. The number of nitro groups is 1. The largest absolute Gasteiger partial charge is 0.502 e. The van der Waals surface area contributed by atoms with E-state index in [1.165, 1.54) is 17.0 Å². The Balaban J connectivity index is 1.90. The second-order valence-electron chi connectivity index (χ2n) is 6.13. The molecule has 0 aliphatic heterocycles. The Labute approximate surface area is 164 Å². The van der Waals surface area contributed by atoms with E-state index < -0.39 is 22.3 Å². The first-order chi connectivity index (χ1) is 13.9. The first-order valence-electron chi connectivity index (χ1n) is 8.73. The van der Waals surface area contributed by atoms with Crippen molar-refractivity contribution in [2.45, 2.75) is 19.9 Å². The number of aromatic hydroxyl groups is 1. The number of aryl methyl sites for hydroxylation is 1. The average molecular weight is 395 g/mol. The van der Waals surface area contributed by atoms with Gasteiger partial charge in [0.15, 0.2) is 11.4 Å². The van der Waals surface area contributed by atoms with Gasteiger partial charge in [-0.2, -0.15) is 10.2 Å². The maximum atomic E-state index is 12.6. The molecule has 2 aromatic carbocycles. The fourth-order valence-corrected chi connectivity index (χ4v) is 2.75. The van der Waals surface area contributed by atoms with Crippen molar-refractivity contribution < 1.29 is 14.8 Å². The molecule has 10 nitrogen and oxygen atoms in total. The molecule has 3 aromatic rings. The fourth-order valence-electron chi connectivity index (χ4n) is 2.75. The molecule has 0 bridgehead atoms. The lowest BCUT2D eigenvalue weighted by molar-refractivity contribution is -0.385. The number of hydrogen-bond donors (Lipinski definition) is 2. The third-order valence-electron chi connectivity index (χ3n) is 4.09. The normalized spacial score (nSPS) is 11.1. The fraction of sp³-hybridized carbons (Fsp3) is 0.158. The minimum atomic E-state index is -0.724. The molecular weight excluding hydrogens is 378 g/mol. The van der Waals surface area contributed by atoms with Crippen LogP contribution in [0.4, 0.5) is 5.69 Å². The predicted molar refractivity (Wildman–Crippen MR) is 106 cm³/mol. The molecule has 1 heterocycles. The molecule has 0 radical (unpaired) electrons. The van der Waals surface area contributed by atoms with Gasteiger partial charge in [-0.05, 0) is 24.6 Å². The lowest BCUT2D eigenvalue weighted by Gasteiger charge is -2.09. The van der Waals surface area contributed by atoms with Crippen molar-refractivity contribution in [1.82, 2.24) is 15.2 Å². The smallest absolute Gasteiger partial charge is 0.311 e. The van der Waals surface area contributed by atoms with Crippen molar-refractivity contribution >= 4 is 28.6 Å². The number of phenolic OH excluding ortho intramolecular Hbond substituents is 1. The summed E-state index contributed by atoms with van der Waals surface area (Å²) in [5.74, 6) is -1.10. The number of phenols is 1. The number of fused-ring (bicyclic) bond motifs is 1. The molecule has 0 saturated carbocycles. The van der Waals surface area contributed by atoms with Crippen molar-refractivity contribution in [3.8, 4) is 5.75 Å². The monoisotopic (exact) mass is 395 g/mol. The van der Waals surface area contributed by atoms with Crippen LogP contribution in [-0.4, -0.2) is 31.9 Å². The Morgan fingerprint density at radius 3 is 2.72 bits per heavy atom. The zero-order valence-electron chi connectivity index (χ0n) is 15.4. The molecule has 10 heteroatoms. The van der Waals surface area contributed by atoms with Gasteiger partial charge in [-0.25, -0.2) is 10.1 Å². The number of nitrogens with one attached hydrogen (secondary N) is 1. The van der Waals surface area contributed by atoms with Crippen LogP contribution in [0, 0.1) is 10.1 Å². The first kappa shape index (κ1) is 19.7. The molecule has 0 fully saturated rings. The molecule has 0 saturated heterocycles. The summed E-state index contributed by atoms with van der Waals surface area (Å²) >= 11 is 0. The highest BCUT2D eigenvalue weighted by molar-refractivity contribution is 6.05. The van der Waals surface area contributed by atoms with Crippen LogP contribution >= 0.6 is 0 Å². The van der Waals surface area contributed by atoms with Crippen molar-refractivity contribution in [3.63, 3.8) is 0 Å². The number of carbonyl (C=O) groups excluding carboxylic acids is 1. The quantitative estimate of drug-likeness (QED) is 0.372. The van der Waals surface area contributed by atoms with E-state index >= 15 is 0 Å². The number of carbonyl (C=O) groups is 1. The third-order valence-corrected chi connectivity index (χ3v) is 4.09. The molecular formula is C19H17N5O5. The van der Waals surface area contributed by atoms with Gasteiger partial charge in [0, 0.05) is 23.6 Å². The zero-order chi connectivity index (χ0) is 21.0. The molecule has 29 heavy (non-hydrogen) atoms. The van der Waals surface area contributed by atoms with Crippen LogP contribution in [0.25, 0.3) is 10.8 Å². The van der Waals surface area contributed by atoms with Crippen LogP contribution in [0.2, 0.25) is 0 Å². The number of nitro benzene ring substituents is 1. The molecule has 148 valence electrons. The number of nitrogens with zero attached hydrogens (tertiary/aromatic N) is 4. The summed E-state index contributed by atoms with van der Waals surface area (Å²) in [7, 11) is 0. The van der Waals surface area contributed by atoms with Gasteiger partial charge in [0.25, 0.3) is 11.5 Å². The maximum Gasteiger partial charge on any atom is 0.311 e. The van der Waals surface area contributed by atoms with Crippen molar-refractivity contribution in [2.24, 2.45) is 5.10 Å². The highest BCUT2D eigenvalue weighted by Crippen LogP contribution is 2.25. The summed E-state index contributed by atoms with van der Waals surface area (Å²) in [6.07, 6.45) is 1.87. The van der Waals surface area contributed by atoms with E-state index in [4.69, 9.17) is 0 Å². The standard InChI is InChI=1S/C19H17N5O5/c1-2-9-23-19(27)14-6-4-3-5-13(14)17(22-23)18(26)21-20-11-12-7-8-16(25)15(10-12)24(28)29/h3-8,10-11,25H,2,9H2,1H3,(H,21,26)/b20-11+. The van der Waals surface area contributed by atoms with Crippen LogP contribution in [-0.2, 0) is 6.54 Å². The number of amides is 1. The SMILES string of the molecule is CCCn1nc(C(=O)N/N=C/c2ccc(O)c([N+](=O)[O-])c2)c2ccccc2c1=O. The van der Waals surface area contributed by atoms with Gasteiger partial charge in [0.1, 0.15) is 0 Å². The first-order valence-corrected chi connectivity index (χ1v) is 8.73. The number of benzene rings is 2. The summed E-state index contributed by atoms with van der Waals surface area (Å²) in [5, 5.41) is 29.1. The van der Waals surface area contributed by atoms with Gasteiger partial charge < -0.3 is 5.11 Å². The Morgan fingerprint density at radius 2 is 2.03 bits per heavy atom. The van der Waals surface area contributed by atoms with Gasteiger partial charge in [0.05, 0.1) is 16.5 Å². The average Bonchev–Trinajstić information content (AvgIpc) is 2.71. The van der Waals surface area contributed by atoms with Crippen molar-refractivity contribution in [3.05, 3.63) is 74.2 Å². The van der Waals surface area contributed by atoms with Gasteiger partial charge in [0.2, 0.25) is 0 Å². The number of rotatable bonds is 6. The van der Waals surface area contributed by atoms with E-state index in [1.807, 2.05) is 6.92 Å². The second kappa shape index (κ2) is 8.30. The van der Waals surface area contributed by atoms with E-state index in [1.54, 1.807) is 24.3 Å². The third kappa shape index (κ3) is 4.10. The lowest BCUT2D eigenvalue weighted by Crippen LogP contribution is -2.29. The van der Waals surface area contributed by atoms with E-state index in [2.05, 4.69) is 15.6 Å². The molecule has 3 rings (SSSR count). The molecule has 2 N–H and O–H groups in total. The minimum Gasteiger partial charge on any atom is -0.502 e. The highest BCUT2D eigenvalue weighted by Gasteiger charge is 2.16. The van der Waals surface area contributed by atoms with Crippen LogP contribution in [0.1, 0.15) is 29.4 Å². The molecule has 0 aliphatic rings. The van der Waals surface area contributed by atoms with E-state index in [9.17, 15) is 24.8 Å². The Kier molecular flexibility index (Phi) is 5.63. The molecule has 0 unspecified atom stereocenters. The number of hydrazone groups is 1. The molecule has 0 aliphatic carbocycles. The molecule has 0 spiro atoms. The second-order valence-corrected chi connectivity index (χ2v) is 6.13. The molecule has 1 aromatic heterocycles. The predicted octanol–water partition coefficient (Wildman–Crippen LogP) is 2.18. The molecule has 0 atom stereocenters. The summed E-state index contributed by atoms with van der Waals surface area (Å²) in [6, 6.07) is 10.4. The van der Waals surface area contributed by atoms with Crippen LogP contribution < -0.4 is 11.0 Å². The van der Waals surface area contributed by atoms with Crippen LogP contribution in [0.3, 0.4) is 0 Å².